The fraction of sp³-hybridized carbons (Fsp3) is 0.538. The maximum atomic E-state index is 10.0. The number of phenolic OH excluding ortho intramolecular Hbond substituents is 1. The lowest BCUT2D eigenvalue weighted by molar-refractivity contribution is 0.296. The molecule has 2 aliphatic rings. The molecule has 92 valence electrons. The summed E-state index contributed by atoms with van der Waals surface area (Å²) in [5, 5.41) is 13.4. The van der Waals surface area contributed by atoms with Crippen molar-refractivity contribution >= 4 is 0 Å². The van der Waals surface area contributed by atoms with E-state index in [0.717, 1.165) is 37.1 Å². The molecule has 2 heterocycles. The summed E-state index contributed by atoms with van der Waals surface area (Å²) in [5.74, 6) is 1.71. The Balaban J connectivity index is 1.96. The average molecular weight is 235 g/mol. The van der Waals surface area contributed by atoms with Crippen LogP contribution in [0.15, 0.2) is 12.1 Å². The molecular weight excluding hydrogens is 218 g/mol. The van der Waals surface area contributed by atoms with Crippen molar-refractivity contribution in [1.29, 1.82) is 0 Å². The second kappa shape index (κ2) is 4.45. The molecule has 3 rings (SSSR count). The molecule has 0 saturated carbocycles. The van der Waals surface area contributed by atoms with Crippen LogP contribution in [0.2, 0.25) is 0 Å². The first-order valence-electron chi connectivity index (χ1n) is 6.20. The van der Waals surface area contributed by atoms with Gasteiger partial charge in [-0.25, -0.2) is 0 Å². The largest absolute Gasteiger partial charge is 0.507 e. The van der Waals surface area contributed by atoms with E-state index in [1.807, 2.05) is 6.07 Å². The highest BCUT2D eigenvalue weighted by molar-refractivity contribution is 5.51. The van der Waals surface area contributed by atoms with E-state index < -0.39 is 0 Å². The van der Waals surface area contributed by atoms with E-state index in [-0.39, 0.29) is 6.04 Å². The van der Waals surface area contributed by atoms with E-state index >= 15 is 0 Å². The summed E-state index contributed by atoms with van der Waals surface area (Å²) in [6.45, 7) is 2.33. The molecule has 1 atom stereocenters. The summed E-state index contributed by atoms with van der Waals surface area (Å²) in [5.41, 5.74) is 0.923. The van der Waals surface area contributed by atoms with Crippen molar-refractivity contribution in [3.05, 3.63) is 17.7 Å². The number of ether oxygens (including phenoxy) is 2. The highest BCUT2D eigenvalue weighted by Gasteiger charge is 2.22. The molecule has 1 unspecified atom stereocenters. The van der Waals surface area contributed by atoms with Crippen LogP contribution in [0.25, 0.3) is 0 Å². The quantitative estimate of drug-likeness (QED) is 0.781. The van der Waals surface area contributed by atoms with E-state index in [1.54, 1.807) is 6.07 Å². The molecule has 0 bridgehead atoms. The molecule has 17 heavy (non-hydrogen) atoms. The Morgan fingerprint density at radius 3 is 2.59 bits per heavy atom. The fourth-order valence-electron chi connectivity index (χ4n) is 2.44. The predicted octanol–water partition coefficient (Wildman–Crippen LogP) is 1.98. The van der Waals surface area contributed by atoms with Crippen molar-refractivity contribution in [2.75, 3.05) is 19.8 Å². The smallest absolute Gasteiger partial charge is 0.164 e. The predicted molar refractivity (Wildman–Crippen MR) is 63.7 cm³/mol. The zero-order valence-electron chi connectivity index (χ0n) is 9.74. The lowest BCUT2D eigenvalue weighted by atomic mass is 10.0. The van der Waals surface area contributed by atoms with E-state index in [9.17, 15) is 5.11 Å². The minimum Gasteiger partial charge on any atom is -0.507 e. The lowest BCUT2D eigenvalue weighted by Gasteiger charge is -2.16. The number of fused-ring (bicyclic) bond motifs is 1. The van der Waals surface area contributed by atoms with Gasteiger partial charge in [-0.15, -0.1) is 0 Å². The van der Waals surface area contributed by atoms with Gasteiger partial charge in [0.1, 0.15) is 5.75 Å². The number of aromatic hydroxyl groups is 1. The maximum absolute atomic E-state index is 10.0. The zero-order chi connectivity index (χ0) is 11.7. The van der Waals surface area contributed by atoms with Crippen LogP contribution in [0.5, 0.6) is 17.2 Å². The van der Waals surface area contributed by atoms with Gasteiger partial charge in [-0.3, -0.25) is 0 Å². The topological polar surface area (TPSA) is 50.7 Å². The number of nitrogens with one attached hydrogen (secondary N) is 1. The molecule has 0 amide bonds. The Kier molecular flexibility index (Phi) is 2.81. The molecule has 4 nitrogen and oxygen atoms in total. The van der Waals surface area contributed by atoms with Gasteiger partial charge in [0.2, 0.25) is 0 Å². The van der Waals surface area contributed by atoms with Crippen LogP contribution < -0.4 is 14.8 Å². The minimum atomic E-state index is 0.243. The second-order valence-corrected chi connectivity index (χ2v) is 4.56. The van der Waals surface area contributed by atoms with Crippen LogP contribution in [0.3, 0.4) is 0 Å². The van der Waals surface area contributed by atoms with Crippen LogP contribution in [0.4, 0.5) is 0 Å². The number of hydrogen-bond donors (Lipinski definition) is 2. The highest BCUT2D eigenvalue weighted by Crippen LogP contribution is 2.40. The molecule has 0 radical (unpaired) electrons. The molecule has 0 aromatic heterocycles. The minimum absolute atomic E-state index is 0.243. The molecule has 1 aromatic carbocycles. The van der Waals surface area contributed by atoms with Crippen LogP contribution >= 0.6 is 0 Å². The molecule has 1 aromatic rings. The molecule has 1 saturated heterocycles. The molecule has 2 aliphatic heterocycles. The van der Waals surface area contributed by atoms with Crippen molar-refractivity contribution in [3.63, 3.8) is 0 Å². The summed E-state index contributed by atoms with van der Waals surface area (Å²) in [6, 6.07) is 3.83. The number of benzene rings is 1. The number of rotatable bonds is 1. The van der Waals surface area contributed by atoms with Gasteiger partial charge in [0.05, 0.1) is 13.2 Å². The zero-order valence-corrected chi connectivity index (χ0v) is 9.74. The molecular formula is C13H17NO3. The van der Waals surface area contributed by atoms with Crippen LogP contribution in [0.1, 0.15) is 30.9 Å². The van der Waals surface area contributed by atoms with E-state index in [1.165, 1.54) is 0 Å². The first-order valence-corrected chi connectivity index (χ1v) is 6.20. The van der Waals surface area contributed by atoms with Crippen LogP contribution in [0, 0.1) is 0 Å². The Bertz CT molecular complexity index is 413. The first-order chi connectivity index (χ1) is 8.34. The number of phenols is 1. The van der Waals surface area contributed by atoms with Gasteiger partial charge in [-0.2, -0.15) is 0 Å². The van der Waals surface area contributed by atoms with Crippen molar-refractivity contribution in [1.82, 2.24) is 5.32 Å². The lowest BCUT2D eigenvalue weighted by Crippen LogP contribution is -2.13. The molecule has 1 fully saturated rings. The highest BCUT2D eigenvalue weighted by atomic mass is 16.5. The summed E-state index contributed by atoms with van der Waals surface area (Å²) >= 11 is 0. The summed E-state index contributed by atoms with van der Waals surface area (Å²) < 4.78 is 11.2. The van der Waals surface area contributed by atoms with Gasteiger partial charge in [0.15, 0.2) is 11.5 Å². The Morgan fingerprint density at radius 2 is 1.88 bits per heavy atom. The van der Waals surface area contributed by atoms with Crippen molar-refractivity contribution < 1.29 is 14.6 Å². The van der Waals surface area contributed by atoms with Crippen molar-refractivity contribution in [3.8, 4) is 17.2 Å². The van der Waals surface area contributed by atoms with Gasteiger partial charge in [-0.1, -0.05) is 0 Å². The summed E-state index contributed by atoms with van der Waals surface area (Å²) in [7, 11) is 0. The first kappa shape index (κ1) is 10.7. The standard InChI is InChI=1S/C13H17NO3/c15-11-8-13-12(16-5-2-6-17-13)7-9(11)10-3-1-4-14-10/h7-8,10,14-15H,1-6H2. The van der Waals surface area contributed by atoms with Gasteiger partial charge < -0.3 is 19.9 Å². The van der Waals surface area contributed by atoms with Gasteiger partial charge >= 0.3 is 0 Å². The van der Waals surface area contributed by atoms with E-state index in [2.05, 4.69) is 5.32 Å². The van der Waals surface area contributed by atoms with Crippen LogP contribution in [-0.4, -0.2) is 24.9 Å². The Morgan fingerprint density at radius 1 is 1.12 bits per heavy atom. The summed E-state index contributed by atoms with van der Waals surface area (Å²) in [6.07, 6.45) is 3.10. The van der Waals surface area contributed by atoms with E-state index in [4.69, 9.17) is 9.47 Å². The monoisotopic (exact) mass is 235 g/mol. The normalized spacial score (nSPS) is 23.4. The van der Waals surface area contributed by atoms with Crippen LogP contribution in [-0.2, 0) is 0 Å². The maximum Gasteiger partial charge on any atom is 0.164 e. The van der Waals surface area contributed by atoms with Crippen molar-refractivity contribution in [2.24, 2.45) is 0 Å². The Labute approximate surface area is 101 Å². The average Bonchev–Trinajstić information content (AvgIpc) is 2.75. The third-order valence-electron chi connectivity index (χ3n) is 3.33. The third kappa shape index (κ3) is 2.05. The van der Waals surface area contributed by atoms with Crippen molar-refractivity contribution in [2.45, 2.75) is 25.3 Å². The third-order valence-corrected chi connectivity index (χ3v) is 3.33. The second-order valence-electron chi connectivity index (χ2n) is 4.56. The van der Waals surface area contributed by atoms with Gasteiger partial charge in [0.25, 0.3) is 0 Å². The van der Waals surface area contributed by atoms with Gasteiger partial charge in [0, 0.05) is 24.1 Å². The summed E-state index contributed by atoms with van der Waals surface area (Å²) in [4.78, 5) is 0. The fourth-order valence-corrected chi connectivity index (χ4v) is 2.44. The SMILES string of the molecule is Oc1cc2c(cc1C1CCCN1)OCCCO2. The molecule has 2 N–H and O–H groups in total. The van der Waals surface area contributed by atoms with E-state index in [0.29, 0.717) is 24.7 Å². The number of hydrogen-bond acceptors (Lipinski definition) is 4. The molecule has 4 heteroatoms. The molecule has 0 spiro atoms. The van der Waals surface area contributed by atoms with Gasteiger partial charge in [-0.05, 0) is 25.5 Å². The Hall–Kier alpha value is -1.42. The molecule has 0 aliphatic carbocycles.